The Morgan fingerprint density at radius 3 is 2.70 bits per heavy atom. The van der Waals surface area contributed by atoms with Gasteiger partial charge >= 0.3 is 0 Å². The molecule has 0 atom stereocenters. The van der Waals surface area contributed by atoms with E-state index in [0.717, 1.165) is 39.0 Å². The first-order valence-electron chi connectivity index (χ1n) is 9.36. The van der Waals surface area contributed by atoms with E-state index in [2.05, 4.69) is 30.2 Å². The van der Waals surface area contributed by atoms with E-state index < -0.39 is 0 Å². The summed E-state index contributed by atoms with van der Waals surface area (Å²) in [5, 5.41) is 11.7. The molecule has 10 nitrogen and oxygen atoms in total. The van der Waals surface area contributed by atoms with Crippen LogP contribution in [0.25, 0.3) is 50.7 Å². The molecule has 0 amide bonds. The second-order valence-corrected chi connectivity index (χ2v) is 7.11. The number of aryl methyl sites for hydroxylation is 2. The Balaban J connectivity index is 1.52. The zero-order chi connectivity index (χ0) is 20.2. The number of rotatable bonds is 3. The summed E-state index contributed by atoms with van der Waals surface area (Å²) in [6.45, 7) is 1.94. The highest BCUT2D eigenvalue weighted by atomic mass is 15.2. The van der Waals surface area contributed by atoms with Crippen molar-refractivity contribution >= 4 is 22.1 Å². The standard InChI is InChI=1S/C20H16N10/c1-11-8-30(10-22-11)20-17-14(5-6-21-20)25-19(26-17)18-16-15(27-28-18)4-3-13(24-16)12-7-23-29(2)9-12/h3-10H,1-2H3,(H,25,26)(H,27,28). The second kappa shape index (κ2) is 6.08. The number of hydrogen-bond donors (Lipinski definition) is 2. The van der Waals surface area contributed by atoms with E-state index in [4.69, 9.17) is 9.97 Å². The highest BCUT2D eigenvalue weighted by Gasteiger charge is 2.17. The van der Waals surface area contributed by atoms with Crippen LogP contribution in [0.4, 0.5) is 0 Å². The van der Waals surface area contributed by atoms with E-state index in [1.54, 1.807) is 23.4 Å². The minimum Gasteiger partial charge on any atom is -0.336 e. The van der Waals surface area contributed by atoms with Gasteiger partial charge in [-0.05, 0) is 25.1 Å². The molecule has 6 aromatic rings. The lowest BCUT2D eigenvalue weighted by Gasteiger charge is -2.00. The zero-order valence-corrected chi connectivity index (χ0v) is 16.2. The molecule has 0 aliphatic carbocycles. The van der Waals surface area contributed by atoms with Crippen LogP contribution in [0.2, 0.25) is 0 Å². The number of pyridine rings is 2. The predicted molar refractivity (Wildman–Crippen MR) is 111 cm³/mol. The fourth-order valence-electron chi connectivity index (χ4n) is 3.54. The molecule has 6 aromatic heterocycles. The zero-order valence-electron chi connectivity index (χ0n) is 16.2. The summed E-state index contributed by atoms with van der Waals surface area (Å²) in [4.78, 5) is 21.7. The first kappa shape index (κ1) is 16.6. The summed E-state index contributed by atoms with van der Waals surface area (Å²) >= 11 is 0. The normalized spacial score (nSPS) is 11.7. The highest BCUT2D eigenvalue weighted by Crippen LogP contribution is 2.28. The molecule has 0 saturated carbocycles. The number of imidazole rings is 2. The van der Waals surface area contributed by atoms with Gasteiger partial charge in [0.05, 0.1) is 28.6 Å². The van der Waals surface area contributed by atoms with Gasteiger partial charge in [-0.15, -0.1) is 0 Å². The van der Waals surface area contributed by atoms with Gasteiger partial charge in [-0.2, -0.15) is 10.2 Å². The minimum absolute atomic E-state index is 0.623. The quantitative estimate of drug-likeness (QED) is 0.475. The molecule has 0 aromatic carbocycles. The van der Waals surface area contributed by atoms with Gasteiger partial charge in [0.1, 0.15) is 17.4 Å². The van der Waals surface area contributed by atoms with E-state index in [9.17, 15) is 0 Å². The molecular weight excluding hydrogens is 380 g/mol. The van der Waals surface area contributed by atoms with Crippen LogP contribution < -0.4 is 0 Å². The average molecular weight is 396 g/mol. The van der Waals surface area contributed by atoms with Gasteiger partial charge in [0.25, 0.3) is 0 Å². The number of nitrogens with one attached hydrogen (secondary N) is 2. The summed E-state index contributed by atoms with van der Waals surface area (Å²) in [5.74, 6) is 1.33. The Bertz CT molecular complexity index is 1530. The smallest absolute Gasteiger partial charge is 0.166 e. The van der Waals surface area contributed by atoms with Crippen molar-refractivity contribution in [2.45, 2.75) is 6.92 Å². The maximum Gasteiger partial charge on any atom is 0.166 e. The van der Waals surface area contributed by atoms with Crippen LogP contribution in [0.3, 0.4) is 0 Å². The molecule has 146 valence electrons. The fraction of sp³-hybridized carbons (Fsp3) is 0.100. The molecule has 0 fully saturated rings. The van der Waals surface area contributed by atoms with Gasteiger partial charge in [-0.3, -0.25) is 14.3 Å². The van der Waals surface area contributed by atoms with Crippen LogP contribution in [-0.2, 0) is 7.05 Å². The summed E-state index contributed by atoms with van der Waals surface area (Å²) in [5.41, 5.74) is 6.51. The average Bonchev–Trinajstić information content (AvgIpc) is 3.52. The van der Waals surface area contributed by atoms with Crippen molar-refractivity contribution in [2.75, 3.05) is 0 Å². The Morgan fingerprint density at radius 2 is 1.90 bits per heavy atom. The van der Waals surface area contributed by atoms with Crippen LogP contribution in [0, 0.1) is 6.92 Å². The van der Waals surface area contributed by atoms with E-state index in [0.29, 0.717) is 17.3 Å². The molecule has 0 spiro atoms. The van der Waals surface area contributed by atoms with Gasteiger partial charge in [-0.1, -0.05) is 0 Å². The lowest BCUT2D eigenvalue weighted by molar-refractivity contribution is 0.768. The van der Waals surface area contributed by atoms with Crippen LogP contribution in [-0.4, -0.2) is 49.5 Å². The summed E-state index contributed by atoms with van der Waals surface area (Å²) in [6.07, 6.45) is 9.12. The van der Waals surface area contributed by atoms with E-state index in [1.807, 2.05) is 49.1 Å². The van der Waals surface area contributed by atoms with E-state index >= 15 is 0 Å². The Labute approximate surface area is 169 Å². The predicted octanol–water partition coefficient (Wildman–Crippen LogP) is 2.79. The summed E-state index contributed by atoms with van der Waals surface area (Å²) < 4.78 is 3.62. The Morgan fingerprint density at radius 1 is 0.967 bits per heavy atom. The molecule has 6 heterocycles. The van der Waals surface area contributed by atoms with Gasteiger partial charge in [-0.25, -0.2) is 19.9 Å². The lowest BCUT2D eigenvalue weighted by Crippen LogP contribution is -1.95. The largest absolute Gasteiger partial charge is 0.336 e. The molecule has 0 radical (unpaired) electrons. The van der Waals surface area contributed by atoms with Gasteiger partial charge < -0.3 is 4.98 Å². The summed E-state index contributed by atoms with van der Waals surface area (Å²) in [6, 6.07) is 5.80. The molecule has 0 aliphatic rings. The molecule has 10 heteroatoms. The minimum atomic E-state index is 0.623. The number of H-pyrrole nitrogens is 2. The highest BCUT2D eigenvalue weighted by molar-refractivity contribution is 5.92. The fourth-order valence-corrected chi connectivity index (χ4v) is 3.54. The lowest BCUT2D eigenvalue weighted by atomic mass is 10.2. The van der Waals surface area contributed by atoms with Crippen molar-refractivity contribution in [3.05, 3.63) is 55.0 Å². The van der Waals surface area contributed by atoms with Crippen LogP contribution in [0.1, 0.15) is 5.69 Å². The van der Waals surface area contributed by atoms with Gasteiger partial charge in [0.2, 0.25) is 0 Å². The number of aromatic nitrogens is 10. The number of aromatic amines is 2. The third kappa shape index (κ3) is 2.50. The first-order chi connectivity index (χ1) is 14.7. The SMILES string of the molecule is Cc1cn(-c2nccc3[nH]c(-c4n[nH]c5ccc(-c6cnn(C)c6)nc45)nc23)cn1. The Hall–Kier alpha value is -4.34. The Kier molecular flexibility index (Phi) is 3.36. The van der Waals surface area contributed by atoms with Crippen LogP contribution in [0.5, 0.6) is 0 Å². The van der Waals surface area contributed by atoms with Crippen LogP contribution >= 0.6 is 0 Å². The third-order valence-electron chi connectivity index (χ3n) is 4.97. The van der Waals surface area contributed by atoms with Crippen molar-refractivity contribution < 1.29 is 0 Å². The molecule has 0 saturated heterocycles. The first-order valence-corrected chi connectivity index (χ1v) is 9.36. The molecule has 0 aliphatic heterocycles. The molecule has 2 N–H and O–H groups in total. The molecule has 0 unspecified atom stereocenters. The van der Waals surface area contributed by atoms with E-state index in [1.165, 1.54) is 0 Å². The molecular formula is C20H16N10. The maximum atomic E-state index is 4.81. The van der Waals surface area contributed by atoms with Crippen molar-refractivity contribution in [3.8, 4) is 28.6 Å². The molecule has 0 bridgehead atoms. The van der Waals surface area contributed by atoms with Gasteiger partial charge in [0, 0.05) is 31.2 Å². The van der Waals surface area contributed by atoms with Crippen molar-refractivity contribution in [1.82, 2.24) is 49.5 Å². The number of fused-ring (bicyclic) bond motifs is 2. The van der Waals surface area contributed by atoms with E-state index in [-0.39, 0.29) is 0 Å². The number of nitrogens with zero attached hydrogens (tertiary/aromatic N) is 8. The third-order valence-corrected chi connectivity index (χ3v) is 4.97. The van der Waals surface area contributed by atoms with Crippen LogP contribution in [0.15, 0.2) is 49.3 Å². The van der Waals surface area contributed by atoms with Crippen molar-refractivity contribution in [1.29, 1.82) is 0 Å². The molecule has 6 rings (SSSR count). The van der Waals surface area contributed by atoms with Crippen molar-refractivity contribution in [3.63, 3.8) is 0 Å². The molecule has 30 heavy (non-hydrogen) atoms. The maximum absolute atomic E-state index is 4.81. The summed E-state index contributed by atoms with van der Waals surface area (Å²) in [7, 11) is 1.88. The van der Waals surface area contributed by atoms with Crippen molar-refractivity contribution in [2.24, 2.45) is 7.05 Å². The second-order valence-electron chi connectivity index (χ2n) is 7.11. The van der Waals surface area contributed by atoms with Gasteiger partial charge in [0.15, 0.2) is 17.3 Å². The monoisotopic (exact) mass is 396 g/mol. The topological polar surface area (TPSA) is 119 Å². The number of hydrogen-bond acceptors (Lipinski definition) is 6.